The first kappa shape index (κ1) is 53.3. The summed E-state index contributed by atoms with van der Waals surface area (Å²) in [6.07, 6.45) is 29.8. The molecule has 0 bridgehead atoms. The molecule has 332 valence electrons. The average Bonchev–Trinajstić information content (AvgIpc) is 3.47. The highest BCUT2D eigenvalue weighted by atomic mass is 31.2. The highest BCUT2D eigenvalue weighted by molar-refractivity contribution is 7.47. The molecule has 1 fully saturated rings. The van der Waals surface area contributed by atoms with Gasteiger partial charge in [0.05, 0.1) is 32.0 Å². The van der Waals surface area contributed by atoms with Gasteiger partial charge in [-0.15, -0.1) is 0 Å². The Hall–Kier alpha value is -2.74. The SMILES string of the molecule is CC/C=C\C/C=C\C/C=C\CCCCCCCC(=O)OC[C@H](COP(=O)(O)OC[C@@H](O)CO)OC(=O)CCC/C=C\C[C@H]1C(=O)C[C@@H](O)[C@@H]1/C=C/[C@@H](O)CCCCC. The number of phosphoric acid groups is 1. The number of allylic oxidation sites excluding steroid dienone is 8. The molecule has 0 heterocycles. The molecule has 0 aromatic heterocycles. The van der Waals surface area contributed by atoms with Crippen LogP contribution in [-0.2, 0) is 37.5 Å². The predicted molar refractivity (Wildman–Crippen MR) is 224 cm³/mol. The first-order valence-electron chi connectivity index (χ1n) is 21.3. The Bertz CT molecular complexity index is 1310. The molecule has 14 heteroatoms. The van der Waals surface area contributed by atoms with Crippen LogP contribution in [-0.4, -0.2) is 93.9 Å². The molecule has 1 unspecified atom stereocenters. The van der Waals surface area contributed by atoms with Gasteiger partial charge in [0.15, 0.2) is 6.10 Å². The lowest BCUT2D eigenvalue weighted by Crippen LogP contribution is -2.29. The minimum Gasteiger partial charge on any atom is -0.462 e. The smallest absolute Gasteiger partial charge is 0.462 e. The number of carbonyl (C=O) groups excluding carboxylic acids is 3. The third kappa shape index (κ3) is 27.9. The summed E-state index contributed by atoms with van der Waals surface area (Å²) in [4.78, 5) is 47.7. The number of Topliss-reactive ketones (excluding diaryl/α,β-unsaturated/α-hetero) is 1. The summed E-state index contributed by atoms with van der Waals surface area (Å²) in [5.74, 6) is -1.96. The van der Waals surface area contributed by atoms with Crippen molar-refractivity contribution in [1.29, 1.82) is 0 Å². The third-order valence-electron chi connectivity index (χ3n) is 9.52. The molecule has 1 saturated carbocycles. The number of rotatable bonds is 35. The number of aliphatic hydroxyl groups is 4. The summed E-state index contributed by atoms with van der Waals surface area (Å²) in [6, 6.07) is 0. The Morgan fingerprint density at radius 2 is 1.43 bits per heavy atom. The van der Waals surface area contributed by atoms with E-state index in [1.165, 1.54) is 0 Å². The molecule has 1 rings (SSSR count). The largest absolute Gasteiger partial charge is 0.472 e. The number of hydrogen-bond acceptors (Lipinski definition) is 12. The molecule has 0 aromatic carbocycles. The number of phosphoric ester groups is 1. The molecule has 0 radical (unpaired) electrons. The first-order valence-corrected chi connectivity index (χ1v) is 22.8. The topological polar surface area (TPSA) is 206 Å². The van der Waals surface area contributed by atoms with Gasteiger partial charge in [0.2, 0.25) is 0 Å². The van der Waals surface area contributed by atoms with Crippen LogP contribution in [0.2, 0.25) is 0 Å². The van der Waals surface area contributed by atoms with Crippen molar-refractivity contribution in [2.24, 2.45) is 11.8 Å². The molecule has 7 atom stereocenters. The maximum Gasteiger partial charge on any atom is 0.472 e. The summed E-state index contributed by atoms with van der Waals surface area (Å²) in [6.45, 7) is 1.81. The zero-order chi connectivity index (χ0) is 42.9. The molecular formula is C44H73O13P. The van der Waals surface area contributed by atoms with Gasteiger partial charge < -0.3 is 34.8 Å². The summed E-state index contributed by atoms with van der Waals surface area (Å²) < 4.78 is 32.6. The van der Waals surface area contributed by atoms with Crippen LogP contribution in [0, 0.1) is 11.8 Å². The molecule has 0 aromatic rings. The fraction of sp³-hybridized carbons (Fsp3) is 0.705. The molecule has 1 aliphatic carbocycles. The van der Waals surface area contributed by atoms with Crippen molar-refractivity contribution in [2.75, 3.05) is 26.4 Å². The van der Waals surface area contributed by atoms with Gasteiger partial charge in [-0.05, 0) is 64.2 Å². The molecule has 0 saturated heterocycles. The van der Waals surface area contributed by atoms with Crippen molar-refractivity contribution in [2.45, 2.75) is 160 Å². The maximum atomic E-state index is 12.7. The second kappa shape index (κ2) is 34.0. The summed E-state index contributed by atoms with van der Waals surface area (Å²) in [5, 5.41) is 39.0. The molecule has 13 nitrogen and oxygen atoms in total. The maximum absolute atomic E-state index is 12.7. The van der Waals surface area contributed by atoms with Gasteiger partial charge in [-0.25, -0.2) is 4.57 Å². The molecular weight excluding hydrogens is 767 g/mol. The number of carbonyl (C=O) groups is 3. The van der Waals surface area contributed by atoms with E-state index in [4.69, 9.17) is 19.1 Å². The fourth-order valence-corrected chi connectivity index (χ4v) is 6.95. The van der Waals surface area contributed by atoms with E-state index in [9.17, 15) is 39.2 Å². The fourth-order valence-electron chi connectivity index (χ4n) is 6.16. The van der Waals surface area contributed by atoms with Crippen LogP contribution in [0.15, 0.2) is 60.8 Å². The van der Waals surface area contributed by atoms with Crippen molar-refractivity contribution in [3.05, 3.63) is 60.8 Å². The van der Waals surface area contributed by atoms with Crippen LogP contribution in [0.25, 0.3) is 0 Å². The van der Waals surface area contributed by atoms with E-state index >= 15 is 0 Å². The lowest BCUT2D eigenvalue weighted by Gasteiger charge is -2.20. The van der Waals surface area contributed by atoms with Crippen LogP contribution in [0.5, 0.6) is 0 Å². The minimum absolute atomic E-state index is 0.0170. The number of ether oxygens (including phenoxy) is 2. The van der Waals surface area contributed by atoms with Crippen molar-refractivity contribution < 1.29 is 62.8 Å². The normalized spacial score (nSPS) is 20.2. The number of hydrogen-bond donors (Lipinski definition) is 5. The highest BCUT2D eigenvalue weighted by Gasteiger charge is 2.39. The number of aliphatic hydroxyl groups excluding tert-OH is 4. The molecule has 58 heavy (non-hydrogen) atoms. The Morgan fingerprint density at radius 3 is 2.16 bits per heavy atom. The van der Waals surface area contributed by atoms with Crippen LogP contribution < -0.4 is 0 Å². The summed E-state index contributed by atoms with van der Waals surface area (Å²) in [7, 11) is -4.70. The number of unbranched alkanes of at least 4 members (excludes halogenated alkanes) is 8. The van der Waals surface area contributed by atoms with Crippen molar-refractivity contribution in [1.82, 2.24) is 0 Å². The number of ketones is 1. The zero-order valence-electron chi connectivity index (χ0n) is 35.0. The Labute approximate surface area is 346 Å². The lowest BCUT2D eigenvalue weighted by molar-refractivity contribution is -0.161. The van der Waals surface area contributed by atoms with Crippen molar-refractivity contribution >= 4 is 25.5 Å². The zero-order valence-corrected chi connectivity index (χ0v) is 35.8. The lowest BCUT2D eigenvalue weighted by atomic mass is 9.90. The first-order chi connectivity index (χ1) is 27.9. The van der Waals surface area contributed by atoms with Gasteiger partial charge in [0, 0.05) is 31.1 Å². The third-order valence-corrected chi connectivity index (χ3v) is 10.5. The van der Waals surface area contributed by atoms with E-state index in [-0.39, 0.29) is 31.0 Å². The molecule has 0 spiro atoms. The van der Waals surface area contributed by atoms with Crippen LogP contribution in [0.3, 0.4) is 0 Å². The van der Waals surface area contributed by atoms with Gasteiger partial charge in [-0.3, -0.25) is 23.4 Å². The molecule has 5 N–H and O–H groups in total. The summed E-state index contributed by atoms with van der Waals surface area (Å²) >= 11 is 0. The monoisotopic (exact) mass is 840 g/mol. The van der Waals surface area contributed by atoms with E-state index in [1.54, 1.807) is 12.2 Å². The van der Waals surface area contributed by atoms with Crippen molar-refractivity contribution in [3.63, 3.8) is 0 Å². The Kier molecular flexibility index (Phi) is 31.3. The molecule has 0 aliphatic heterocycles. The average molecular weight is 841 g/mol. The second-order valence-corrected chi connectivity index (χ2v) is 16.2. The van der Waals surface area contributed by atoms with Gasteiger partial charge in [0.1, 0.15) is 18.5 Å². The van der Waals surface area contributed by atoms with Gasteiger partial charge in [-0.2, -0.15) is 0 Å². The van der Waals surface area contributed by atoms with Crippen LogP contribution >= 0.6 is 7.82 Å². The standard InChI is InChI=1S/C44H73O13P/c1-3-5-7-8-9-10-11-12-13-14-15-16-17-18-23-27-43(50)54-34-38(35-56-58(52,53)55-33-37(47)32-45)57-44(51)28-24-20-19-22-26-39-40(42(49)31-41(39)48)30-29-36(46)25-21-6-4-2/h5,7,9-10,12-13,19,22,29-30,36-40,42,45-47,49H,3-4,6,8,11,14-18,20-21,23-28,31-35H2,1-2H3,(H,52,53)/b7-5-,10-9-,13-12-,22-19-,30-29+/t36-,37-,38+,39+,40+,42+/m0/s1. The van der Waals surface area contributed by atoms with E-state index in [1.807, 2.05) is 12.2 Å². The Morgan fingerprint density at radius 1 is 0.793 bits per heavy atom. The predicted octanol–water partition coefficient (Wildman–Crippen LogP) is 7.70. The quantitative estimate of drug-likeness (QED) is 0.0180. The van der Waals surface area contributed by atoms with Gasteiger partial charge >= 0.3 is 19.8 Å². The molecule has 0 amide bonds. The molecule has 1 aliphatic rings. The Balaban J connectivity index is 2.51. The van der Waals surface area contributed by atoms with E-state index in [0.717, 1.165) is 70.6 Å². The second-order valence-electron chi connectivity index (χ2n) is 14.8. The van der Waals surface area contributed by atoms with Crippen LogP contribution in [0.4, 0.5) is 0 Å². The van der Waals surface area contributed by atoms with E-state index in [0.29, 0.717) is 32.1 Å². The minimum atomic E-state index is -4.70. The van der Waals surface area contributed by atoms with Gasteiger partial charge in [0.25, 0.3) is 0 Å². The number of esters is 2. The van der Waals surface area contributed by atoms with E-state index < -0.39 is 76.5 Å². The van der Waals surface area contributed by atoms with E-state index in [2.05, 4.69) is 54.8 Å². The van der Waals surface area contributed by atoms with Crippen LogP contribution in [0.1, 0.15) is 136 Å². The van der Waals surface area contributed by atoms with Gasteiger partial charge in [-0.1, -0.05) is 113 Å². The van der Waals surface area contributed by atoms with Crippen molar-refractivity contribution in [3.8, 4) is 0 Å². The highest BCUT2D eigenvalue weighted by Crippen LogP contribution is 2.43. The summed E-state index contributed by atoms with van der Waals surface area (Å²) in [5.41, 5.74) is 0.